The van der Waals surface area contributed by atoms with Crippen LogP contribution in [-0.4, -0.2) is 17.9 Å². The Labute approximate surface area is 69.1 Å². The van der Waals surface area contributed by atoms with Crippen molar-refractivity contribution in [1.82, 2.24) is 5.32 Å². The highest BCUT2D eigenvalue weighted by molar-refractivity contribution is 5.84. The first-order valence-electron chi connectivity index (χ1n) is 4.45. The second-order valence-electron chi connectivity index (χ2n) is 3.88. The van der Waals surface area contributed by atoms with Crippen molar-refractivity contribution in [1.29, 1.82) is 0 Å². The lowest BCUT2D eigenvalue weighted by Crippen LogP contribution is -2.39. The number of nitrogens with one attached hydrogen (secondary N) is 1. The van der Waals surface area contributed by atoms with Crippen molar-refractivity contribution in [3.8, 4) is 0 Å². The van der Waals surface area contributed by atoms with Gasteiger partial charge in [-0.25, -0.2) is 0 Å². The number of amidine groups is 1. The van der Waals surface area contributed by atoms with Crippen LogP contribution in [0.4, 0.5) is 0 Å². The average Bonchev–Trinajstić information content (AvgIpc) is 2.26. The monoisotopic (exact) mass is 154 g/mol. The number of nitrogens with zero attached hydrogens (tertiary/aromatic N) is 1. The molecule has 11 heavy (non-hydrogen) atoms. The normalized spacial score (nSPS) is 21.2. The van der Waals surface area contributed by atoms with Gasteiger partial charge < -0.3 is 5.32 Å². The van der Waals surface area contributed by atoms with Crippen LogP contribution in [0.25, 0.3) is 0 Å². The summed E-state index contributed by atoms with van der Waals surface area (Å²) in [6.45, 7) is 7.53. The van der Waals surface area contributed by atoms with E-state index in [0.717, 1.165) is 13.0 Å². The van der Waals surface area contributed by atoms with E-state index in [-0.39, 0.29) is 5.54 Å². The minimum absolute atomic E-state index is 0.211. The van der Waals surface area contributed by atoms with E-state index in [0.29, 0.717) is 0 Å². The van der Waals surface area contributed by atoms with Gasteiger partial charge in [0, 0.05) is 6.42 Å². The molecule has 1 aliphatic rings. The van der Waals surface area contributed by atoms with Gasteiger partial charge in [0.1, 0.15) is 0 Å². The number of hydrogen-bond donors (Lipinski definition) is 1. The first-order valence-corrected chi connectivity index (χ1v) is 4.45. The van der Waals surface area contributed by atoms with E-state index in [1.165, 1.54) is 18.7 Å². The topological polar surface area (TPSA) is 24.4 Å². The standard InChI is InChI=1S/C9H18N2/c1-4-5-6-8-10-7-9(2,3)11-8/h4-7H2,1-3H3,(H,10,11). The van der Waals surface area contributed by atoms with E-state index in [1.807, 2.05) is 0 Å². The molecule has 0 fully saturated rings. The molecule has 1 N–H and O–H groups in total. The lowest BCUT2D eigenvalue weighted by Gasteiger charge is -2.18. The van der Waals surface area contributed by atoms with E-state index >= 15 is 0 Å². The molecule has 64 valence electrons. The summed E-state index contributed by atoms with van der Waals surface area (Å²) in [5.41, 5.74) is 0.211. The van der Waals surface area contributed by atoms with Gasteiger partial charge >= 0.3 is 0 Å². The summed E-state index contributed by atoms with van der Waals surface area (Å²) in [6.07, 6.45) is 3.63. The summed E-state index contributed by atoms with van der Waals surface area (Å²) in [6, 6.07) is 0. The van der Waals surface area contributed by atoms with E-state index < -0.39 is 0 Å². The number of aliphatic imine (C=N–C) groups is 1. The van der Waals surface area contributed by atoms with Crippen molar-refractivity contribution in [3.63, 3.8) is 0 Å². The lowest BCUT2D eigenvalue weighted by atomic mass is 10.1. The summed E-state index contributed by atoms with van der Waals surface area (Å²) >= 11 is 0. The third-order valence-corrected chi connectivity index (χ3v) is 1.92. The number of hydrogen-bond acceptors (Lipinski definition) is 2. The third kappa shape index (κ3) is 2.52. The van der Waals surface area contributed by atoms with Gasteiger partial charge in [0.25, 0.3) is 0 Å². The van der Waals surface area contributed by atoms with Gasteiger partial charge in [-0.05, 0) is 20.3 Å². The molecule has 0 aromatic carbocycles. The summed E-state index contributed by atoms with van der Waals surface area (Å²) in [5, 5.41) is 3.42. The van der Waals surface area contributed by atoms with Gasteiger partial charge in [-0.15, -0.1) is 0 Å². The molecule has 0 unspecified atom stereocenters. The Morgan fingerprint density at radius 3 is 2.73 bits per heavy atom. The van der Waals surface area contributed by atoms with Crippen LogP contribution in [0, 0.1) is 0 Å². The van der Waals surface area contributed by atoms with Crippen molar-refractivity contribution in [3.05, 3.63) is 0 Å². The lowest BCUT2D eigenvalue weighted by molar-refractivity contribution is 0.503. The van der Waals surface area contributed by atoms with Crippen LogP contribution >= 0.6 is 0 Å². The second-order valence-corrected chi connectivity index (χ2v) is 3.88. The summed E-state index contributed by atoms with van der Waals surface area (Å²) < 4.78 is 0. The molecule has 0 aliphatic carbocycles. The Morgan fingerprint density at radius 2 is 2.27 bits per heavy atom. The third-order valence-electron chi connectivity index (χ3n) is 1.92. The maximum atomic E-state index is 4.43. The zero-order valence-electron chi connectivity index (χ0n) is 7.78. The number of unbranched alkanes of at least 4 members (excludes halogenated alkanes) is 1. The molecule has 0 radical (unpaired) electrons. The number of rotatable bonds is 3. The maximum Gasteiger partial charge on any atom is 0.0968 e. The van der Waals surface area contributed by atoms with Crippen LogP contribution in [0.15, 0.2) is 4.99 Å². The molecule has 0 saturated carbocycles. The fraction of sp³-hybridized carbons (Fsp3) is 0.889. The Morgan fingerprint density at radius 1 is 1.55 bits per heavy atom. The molecule has 1 heterocycles. The van der Waals surface area contributed by atoms with Crippen LogP contribution < -0.4 is 5.32 Å². The summed E-state index contributed by atoms with van der Waals surface area (Å²) in [4.78, 5) is 4.43. The molecule has 1 aliphatic heterocycles. The van der Waals surface area contributed by atoms with Gasteiger partial charge in [0.15, 0.2) is 0 Å². The van der Waals surface area contributed by atoms with Crippen LogP contribution in [0.3, 0.4) is 0 Å². The molecule has 0 bridgehead atoms. The Kier molecular flexibility index (Phi) is 2.53. The molecule has 1 rings (SSSR count). The fourth-order valence-corrected chi connectivity index (χ4v) is 1.25. The van der Waals surface area contributed by atoms with Crippen LogP contribution in [-0.2, 0) is 0 Å². The summed E-state index contributed by atoms with van der Waals surface area (Å²) in [7, 11) is 0. The predicted octanol–water partition coefficient (Wildman–Crippen LogP) is 1.96. The smallest absolute Gasteiger partial charge is 0.0968 e. The predicted molar refractivity (Wildman–Crippen MR) is 49.0 cm³/mol. The van der Waals surface area contributed by atoms with Crippen molar-refractivity contribution in [2.45, 2.75) is 45.6 Å². The van der Waals surface area contributed by atoms with Crippen molar-refractivity contribution in [2.75, 3.05) is 6.54 Å². The van der Waals surface area contributed by atoms with Crippen molar-refractivity contribution >= 4 is 5.84 Å². The first-order chi connectivity index (χ1) is 5.14. The minimum Gasteiger partial charge on any atom is -0.367 e. The SMILES string of the molecule is CCCCC1=NCC(C)(C)N1. The zero-order valence-corrected chi connectivity index (χ0v) is 7.78. The van der Waals surface area contributed by atoms with E-state index in [1.54, 1.807) is 0 Å². The minimum atomic E-state index is 0.211. The molecule has 0 saturated heterocycles. The van der Waals surface area contributed by atoms with Gasteiger partial charge in [-0.3, -0.25) is 4.99 Å². The molecule has 0 amide bonds. The Hall–Kier alpha value is -0.530. The van der Waals surface area contributed by atoms with E-state index in [4.69, 9.17) is 0 Å². The van der Waals surface area contributed by atoms with Gasteiger partial charge in [0.05, 0.1) is 17.9 Å². The van der Waals surface area contributed by atoms with Gasteiger partial charge in [-0.2, -0.15) is 0 Å². The highest BCUT2D eigenvalue weighted by Gasteiger charge is 2.23. The molecule has 0 aromatic heterocycles. The fourth-order valence-electron chi connectivity index (χ4n) is 1.25. The molecule has 0 spiro atoms. The second kappa shape index (κ2) is 3.24. The maximum absolute atomic E-state index is 4.43. The van der Waals surface area contributed by atoms with Crippen molar-refractivity contribution in [2.24, 2.45) is 4.99 Å². The highest BCUT2D eigenvalue weighted by atomic mass is 15.1. The van der Waals surface area contributed by atoms with Gasteiger partial charge in [-0.1, -0.05) is 13.3 Å². The molecular formula is C9H18N2. The van der Waals surface area contributed by atoms with Crippen LogP contribution in [0.2, 0.25) is 0 Å². The molecule has 2 heteroatoms. The Balaban J connectivity index is 2.29. The molecule has 0 atom stereocenters. The van der Waals surface area contributed by atoms with E-state index in [2.05, 4.69) is 31.1 Å². The first kappa shape index (κ1) is 8.57. The van der Waals surface area contributed by atoms with Crippen LogP contribution in [0.5, 0.6) is 0 Å². The van der Waals surface area contributed by atoms with E-state index in [9.17, 15) is 0 Å². The largest absolute Gasteiger partial charge is 0.367 e. The quantitative estimate of drug-likeness (QED) is 0.660. The summed E-state index contributed by atoms with van der Waals surface area (Å²) in [5.74, 6) is 1.21. The Bertz CT molecular complexity index is 159. The van der Waals surface area contributed by atoms with Crippen LogP contribution in [0.1, 0.15) is 40.0 Å². The van der Waals surface area contributed by atoms with Crippen molar-refractivity contribution < 1.29 is 0 Å². The zero-order chi connectivity index (χ0) is 8.32. The van der Waals surface area contributed by atoms with Gasteiger partial charge in [0.2, 0.25) is 0 Å². The average molecular weight is 154 g/mol. The molecule has 2 nitrogen and oxygen atoms in total. The highest BCUT2D eigenvalue weighted by Crippen LogP contribution is 2.11. The molecule has 0 aromatic rings. The molecular weight excluding hydrogens is 136 g/mol.